The number of ether oxygens (including phenoxy) is 1. The first-order chi connectivity index (χ1) is 15.3. The topological polar surface area (TPSA) is 84.6 Å². The summed E-state index contributed by atoms with van der Waals surface area (Å²) < 4.78 is 10.8. The predicted octanol–water partition coefficient (Wildman–Crippen LogP) is 2.88. The number of nitrogens with zero attached hydrogens (tertiary/aromatic N) is 5. The first kappa shape index (κ1) is 21.6. The summed E-state index contributed by atoms with van der Waals surface area (Å²) in [6, 6.07) is 7.81. The highest BCUT2D eigenvalue weighted by atomic mass is 32.1. The predicted molar refractivity (Wildman–Crippen MR) is 117 cm³/mol. The number of aromatic nitrogens is 3. The van der Waals surface area contributed by atoms with Crippen LogP contribution in [-0.4, -0.2) is 70.2 Å². The van der Waals surface area contributed by atoms with Gasteiger partial charge in [-0.3, -0.25) is 14.7 Å². The van der Waals surface area contributed by atoms with Crippen molar-refractivity contribution >= 4 is 17.2 Å². The van der Waals surface area contributed by atoms with Crippen molar-refractivity contribution in [3.63, 3.8) is 0 Å². The molecule has 31 heavy (non-hydrogen) atoms. The van der Waals surface area contributed by atoms with Gasteiger partial charge in [-0.1, -0.05) is 11.2 Å². The first-order valence-corrected chi connectivity index (χ1v) is 11.5. The molecule has 1 aliphatic rings. The van der Waals surface area contributed by atoms with E-state index < -0.39 is 0 Å². The van der Waals surface area contributed by atoms with Gasteiger partial charge < -0.3 is 14.2 Å². The third-order valence-electron chi connectivity index (χ3n) is 5.24. The van der Waals surface area contributed by atoms with E-state index in [1.54, 1.807) is 23.7 Å². The maximum atomic E-state index is 13.0. The van der Waals surface area contributed by atoms with Crippen molar-refractivity contribution in [3.8, 4) is 10.7 Å². The molecule has 8 nitrogen and oxygen atoms in total. The number of rotatable bonds is 10. The van der Waals surface area contributed by atoms with Gasteiger partial charge in [0, 0.05) is 58.0 Å². The molecule has 4 rings (SSSR count). The minimum absolute atomic E-state index is 0.0923. The standard InChI is InChI=1S/C22H27N5O3S/c28-21(5-4-20-24-22(25-30-20)19-3-1-16-31-19)27(17-18-6-8-23-9-7-18)11-2-10-26-12-14-29-15-13-26/h1,3,6-9,16H,2,4-5,10-15,17H2. The molecule has 0 atom stereocenters. The average molecular weight is 442 g/mol. The highest BCUT2D eigenvalue weighted by Crippen LogP contribution is 2.21. The van der Waals surface area contributed by atoms with Crippen molar-refractivity contribution in [2.24, 2.45) is 0 Å². The summed E-state index contributed by atoms with van der Waals surface area (Å²) in [6.07, 6.45) is 5.23. The van der Waals surface area contributed by atoms with Crippen LogP contribution in [0.15, 0.2) is 46.6 Å². The minimum atomic E-state index is 0.0923. The normalized spacial score (nSPS) is 14.6. The molecule has 0 spiro atoms. The molecule has 0 radical (unpaired) electrons. The smallest absolute Gasteiger partial charge is 0.227 e. The second-order valence-corrected chi connectivity index (χ2v) is 8.42. The van der Waals surface area contributed by atoms with Crippen molar-refractivity contribution in [1.29, 1.82) is 0 Å². The number of hydrogen-bond donors (Lipinski definition) is 0. The molecule has 1 fully saturated rings. The number of carbonyl (C=O) groups is 1. The van der Waals surface area contributed by atoms with Crippen LogP contribution < -0.4 is 0 Å². The number of aryl methyl sites for hydroxylation is 1. The molecule has 0 unspecified atom stereocenters. The quantitative estimate of drug-likeness (QED) is 0.478. The lowest BCUT2D eigenvalue weighted by atomic mass is 10.2. The fourth-order valence-electron chi connectivity index (χ4n) is 3.54. The number of amides is 1. The van der Waals surface area contributed by atoms with Crippen LogP contribution in [0.4, 0.5) is 0 Å². The molecular formula is C22H27N5O3S. The van der Waals surface area contributed by atoms with E-state index in [9.17, 15) is 4.79 Å². The van der Waals surface area contributed by atoms with Gasteiger partial charge in [0.2, 0.25) is 17.6 Å². The Kier molecular flexibility index (Phi) is 7.76. The largest absolute Gasteiger partial charge is 0.379 e. The van der Waals surface area contributed by atoms with Crippen LogP contribution >= 0.6 is 11.3 Å². The van der Waals surface area contributed by atoms with Crippen LogP contribution in [0.2, 0.25) is 0 Å². The lowest BCUT2D eigenvalue weighted by Crippen LogP contribution is -2.39. The number of pyridine rings is 1. The fourth-order valence-corrected chi connectivity index (χ4v) is 4.19. The highest BCUT2D eigenvalue weighted by Gasteiger charge is 2.18. The Hall–Kier alpha value is -2.62. The van der Waals surface area contributed by atoms with Crippen molar-refractivity contribution in [2.45, 2.75) is 25.8 Å². The summed E-state index contributed by atoms with van der Waals surface area (Å²) in [5.41, 5.74) is 1.08. The number of hydrogen-bond acceptors (Lipinski definition) is 8. The molecule has 164 valence electrons. The molecule has 1 amide bonds. The number of thiophene rings is 1. The molecule has 9 heteroatoms. The Morgan fingerprint density at radius 1 is 1.19 bits per heavy atom. The summed E-state index contributed by atoms with van der Waals surface area (Å²) in [5, 5.41) is 6.00. The van der Waals surface area contributed by atoms with E-state index in [1.807, 2.05) is 34.5 Å². The van der Waals surface area contributed by atoms with Crippen LogP contribution in [0.25, 0.3) is 10.7 Å². The number of carbonyl (C=O) groups excluding carboxylic acids is 1. The molecule has 1 saturated heterocycles. The van der Waals surface area contributed by atoms with Crippen LogP contribution in [0.3, 0.4) is 0 Å². The first-order valence-electron chi connectivity index (χ1n) is 10.6. The third-order valence-corrected chi connectivity index (χ3v) is 6.11. The van der Waals surface area contributed by atoms with Crippen LogP contribution in [0.5, 0.6) is 0 Å². The van der Waals surface area contributed by atoms with Gasteiger partial charge in [-0.2, -0.15) is 4.98 Å². The Morgan fingerprint density at radius 3 is 2.81 bits per heavy atom. The molecular weight excluding hydrogens is 414 g/mol. The van der Waals surface area contributed by atoms with Crippen molar-refractivity contribution in [3.05, 3.63) is 53.5 Å². The Balaban J connectivity index is 1.32. The van der Waals surface area contributed by atoms with E-state index in [0.29, 0.717) is 37.6 Å². The van der Waals surface area contributed by atoms with E-state index >= 15 is 0 Å². The van der Waals surface area contributed by atoms with Crippen molar-refractivity contribution < 1.29 is 14.1 Å². The fraction of sp³-hybridized carbons (Fsp3) is 0.455. The Bertz CT molecular complexity index is 926. The van der Waals surface area contributed by atoms with E-state index in [0.717, 1.165) is 49.7 Å². The summed E-state index contributed by atoms with van der Waals surface area (Å²) in [5.74, 6) is 1.17. The van der Waals surface area contributed by atoms with Gasteiger partial charge in [0.15, 0.2) is 0 Å². The van der Waals surface area contributed by atoms with Gasteiger partial charge in [0.1, 0.15) is 0 Å². The zero-order chi connectivity index (χ0) is 21.3. The molecule has 4 heterocycles. The number of morpholine rings is 1. The summed E-state index contributed by atoms with van der Waals surface area (Å²) in [7, 11) is 0. The van der Waals surface area contributed by atoms with E-state index in [4.69, 9.17) is 9.26 Å². The van der Waals surface area contributed by atoms with Crippen LogP contribution in [-0.2, 0) is 22.5 Å². The molecule has 3 aromatic rings. The average Bonchev–Trinajstić information content (AvgIpc) is 3.50. The van der Waals surface area contributed by atoms with Crippen molar-refractivity contribution in [1.82, 2.24) is 24.9 Å². The second-order valence-electron chi connectivity index (χ2n) is 7.47. The Labute approximate surface area is 185 Å². The van der Waals surface area contributed by atoms with E-state index in [-0.39, 0.29) is 5.91 Å². The van der Waals surface area contributed by atoms with E-state index in [1.165, 1.54) is 0 Å². The maximum Gasteiger partial charge on any atom is 0.227 e. The van der Waals surface area contributed by atoms with Crippen LogP contribution in [0.1, 0.15) is 24.3 Å². The summed E-state index contributed by atoms with van der Waals surface area (Å²) in [4.78, 5) is 26.8. The summed E-state index contributed by atoms with van der Waals surface area (Å²) in [6.45, 7) is 5.76. The molecule has 1 aliphatic heterocycles. The molecule has 0 saturated carbocycles. The van der Waals surface area contributed by atoms with Crippen LogP contribution in [0, 0.1) is 0 Å². The van der Waals surface area contributed by atoms with Gasteiger partial charge in [0.25, 0.3) is 0 Å². The lowest BCUT2D eigenvalue weighted by Gasteiger charge is -2.28. The molecule has 3 aromatic heterocycles. The van der Waals surface area contributed by atoms with Gasteiger partial charge >= 0.3 is 0 Å². The minimum Gasteiger partial charge on any atom is -0.379 e. The molecule has 0 aromatic carbocycles. The van der Waals surface area contributed by atoms with Gasteiger partial charge in [-0.15, -0.1) is 11.3 Å². The monoisotopic (exact) mass is 441 g/mol. The third kappa shape index (κ3) is 6.43. The molecule has 0 N–H and O–H groups in total. The SMILES string of the molecule is O=C(CCc1nc(-c2cccs2)no1)N(CCCN1CCOCC1)Cc1ccncc1. The summed E-state index contributed by atoms with van der Waals surface area (Å²) >= 11 is 1.56. The maximum absolute atomic E-state index is 13.0. The van der Waals surface area contributed by atoms with Crippen molar-refractivity contribution in [2.75, 3.05) is 39.4 Å². The second kappa shape index (κ2) is 11.1. The Morgan fingerprint density at radius 2 is 2.03 bits per heavy atom. The zero-order valence-corrected chi connectivity index (χ0v) is 18.3. The lowest BCUT2D eigenvalue weighted by molar-refractivity contribution is -0.132. The van der Waals surface area contributed by atoms with Gasteiger partial charge in [-0.05, 0) is 35.6 Å². The molecule has 0 bridgehead atoms. The highest BCUT2D eigenvalue weighted by molar-refractivity contribution is 7.13. The van der Waals surface area contributed by atoms with E-state index in [2.05, 4.69) is 20.0 Å². The van der Waals surface area contributed by atoms with Gasteiger partial charge in [0.05, 0.1) is 18.1 Å². The molecule has 0 aliphatic carbocycles. The van der Waals surface area contributed by atoms with Gasteiger partial charge in [-0.25, -0.2) is 0 Å². The zero-order valence-electron chi connectivity index (χ0n) is 17.5.